The summed E-state index contributed by atoms with van der Waals surface area (Å²) in [4.78, 5) is 39.1. The number of hydrogen-bond acceptors (Lipinski definition) is 3. The Bertz CT molecular complexity index is 1060. The lowest BCUT2D eigenvalue weighted by atomic mass is 9.89. The molecule has 6 nitrogen and oxygen atoms in total. The Morgan fingerprint density at radius 3 is 2.65 bits per heavy atom. The van der Waals surface area contributed by atoms with Crippen LogP contribution in [-0.2, 0) is 7.05 Å². The molecule has 3 N–H and O–H groups in total. The highest BCUT2D eigenvalue weighted by molar-refractivity contribution is 5.93. The lowest BCUT2D eigenvalue weighted by Crippen LogP contribution is -2.52. The van der Waals surface area contributed by atoms with Crippen molar-refractivity contribution in [2.45, 2.75) is 32.1 Å². The molecule has 2 aromatic rings. The summed E-state index contributed by atoms with van der Waals surface area (Å²) < 4.78 is 1.40. The summed E-state index contributed by atoms with van der Waals surface area (Å²) in [6.45, 7) is 0. The number of nitrogens with one attached hydrogen (secondary N) is 1. The van der Waals surface area contributed by atoms with Gasteiger partial charge in [0.25, 0.3) is 11.1 Å². The van der Waals surface area contributed by atoms with E-state index in [9.17, 15) is 14.4 Å². The predicted octanol–water partition coefficient (Wildman–Crippen LogP) is 0.362. The Labute approximate surface area is 150 Å². The molecule has 6 heteroatoms. The van der Waals surface area contributed by atoms with Gasteiger partial charge in [0.15, 0.2) is 0 Å². The smallest absolute Gasteiger partial charge is 0.274 e. The number of rotatable bonds is 3. The standard InChI is InChI=1S/C20H23N3O3/c1-23-17(12-13-6-3-2-4-7-13)19(25)22-16(20(23)26)11-14-8-5-9-15(10-14)18(21)24/h5,8-13H,2-4,6-7H2,1H3,(H2,21,24)(H,22,25)/b16-11-,17-12-. The Hall–Kier alpha value is -2.89. The third-order valence-electron chi connectivity index (χ3n) is 4.90. The molecule has 1 saturated carbocycles. The minimum absolute atomic E-state index is 0.180. The van der Waals surface area contributed by atoms with Gasteiger partial charge in [-0.2, -0.15) is 0 Å². The number of nitrogens with zero attached hydrogens (tertiary/aromatic N) is 1. The second-order valence-corrected chi connectivity index (χ2v) is 6.82. The molecule has 0 spiro atoms. The monoisotopic (exact) mass is 353 g/mol. The maximum atomic E-state index is 12.7. The molecular weight excluding hydrogens is 330 g/mol. The second-order valence-electron chi connectivity index (χ2n) is 6.82. The summed E-state index contributed by atoms with van der Waals surface area (Å²) in [5, 5.41) is 0.588. The molecule has 0 saturated heterocycles. The Kier molecular flexibility index (Phi) is 5.21. The molecule has 0 atom stereocenters. The summed E-state index contributed by atoms with van der Waals surface area (Å²) in [6.07, 6.45) is 9.16. The molecular formula is C20H23N3O3. The molecule has 1 aromatic carbocycles. The number of benzene rings is 1. The van der Waals surface area contributed by atoms with Gasteiger partial charge in [-0.15, -0.1) is 0 Å². The molecule has 26 heavy (non-hydrogen) atoms. The van der Waals surface area contributed by atoms with E-state index in [2.05, 4.69) is 4.98 Å². The first-order chi connectivity index (χ1) is 12.5. The molecule has 1 amide bonds. The number of amides is 1. The van der Waals surface area contributed by atoms with Gasteiger partial charge in [-0.25, -0.2) is 0 Å². The van der Waals surface area contributed by atoms with Crippen molar-refractivity contribution in [1.29, 1.82) is 0 Å². The van der Waals surface area contributed by atoms with Gasteiger partial charge in [-0.1, -0.05) is 37.5 Å². The van der Waals surface area contributed by atoms with Gasteiger partial charge in [0.2, 0.25) is 5.91 Å². The van der Waals surface area contributed by atoms with Crippen molar-refractivity contribution >= 4 is 18.1 Å². The first kappa shape index (κ1) is 17.9. The van der Waals surface area contributed by atoms with E-state index in [-0.39, 0.29) is 16.5 Å². The summed E-state index contributed by atoms with van der Waals surface area (Å²) in [7, 11) is 1.61. The molecule has 3 rings (SSSR count). The van der Waals surface area contributed by atoms with Crippen molar-refractivity contribution in [3.05, 3.63) is 66.8 Å². The van der Waals surface area contributed by atoms with Gasteiger partial charge in [0.05, 0.1) is 0 Å². The number of aromatic nitrogens is 2. The summed E-state index contributed by atoms with van der Waals surface area (Å²) >= 11 is 0. The van der Waals surface area contributed by atoms with Gasteiger partial charge in [0.1, 0.15) is 10.7 Å². The van der Waals surface area contributed by atoms with Crippen LogP contribution in [0.1, 0.15) is 48.0 Å². The fourth-order valence-electron chi connectivity index (χ4n) is 3.44. The molecule has 1 aliphatic rings. The van der Waals surface area contributed by atoms with Gasteiger partial charge < -0.3 is 15.3 Å². The molecule has 0 radical (unpaired) electrons. The van der Waals surface area contributed by atoms with Crippen LogP contribution in [-0.4, -0.2) is 15.5 Å². The SMILES string of the molecule is Cn1c(=O)/c(=C/c2cccc(C(N)=O)c2)[nH]c(=O)/c1=C/C1CCCCC1. The highest BCUT2D eigenvalue weighted by Gasteiger charge is 2.12. The fraction of sp³-hybridized carbons (Fsp3) is 0.350. The van der Waals surface area contributed by atoms with E-state index in [0.717, 1.165) is 25.7 Å². The Morgan fingerprint density at radius 1 is 1.23 bits per heavy atom. The third kappa shape index (κ3) is 3.85. The first-order valence-corrected chi connectivity index (χ1v) is 8.88. The number of hydrogen-bond donors (Lipinski definition) is 2. The van der Waals surface area contributed by atoms with Crippen molar-refractivity contribution in [3.63, 3.8) is 0 Å². The minimum atomic E-state index is -0.543. The van der Waals surface area contributed by atoms with Crippen LogP contribution in [0, 0.1) is 5.92 Å². The molecule has 1 aromatic heterocycles. The van der Waals surface area contributed by atoms with Crippen LogP contribution in [0.5, 0.6) is 0 Å². The lowest BCUT2D eigenvalue weighted by molar-refractivity contribution is 0.100. The van der Waals surface area contributed by atoms with Crippen LogP contribution in [0.3, 0.4) is 0 Å². The second kappa shape index (κ2) is 7.56. The zero-order valence-electron chi connectivity index (χ0n) is 14.8. The average molecular weight is 353 g/mol. The van der Waals surface area contributed by atoms with Gasteiger partial charge in [-0.05, 0) is 42.5 Å². The highest BCUT2D eigenvalue weighted by atomic mass is 16.1. The average Bonchev–Trinajstić information content (AvgIpc) is 2.64. The minimum Gasteiger partial charge on any atom is -0.366 e. The molecule has 136 valence electrons. The molecule has 0 bridgehead atoms. The Morgan fingerprint density at radius 2 is 1.96 bits per heavy atom. The summed E-state index contributed by atoms with van der Waals surface area (Å²) in [5.74, 6) is -0.198. The van der Waals surface area contributed by atoms with Crippen molar-refractivity contribution in [2.75, 3.05) is 0 Å². The van der Waals surface area contributed by atoms with E-state index in [1.807, 2.05) is 6.08 Å². The zero-order valence-corrected chi connectivity index (χ0v) is 14.8. The van der Waals surface area contributed by atoms with E-state index in [4.69, 9.17) is 5.73 Å². The quantitative estimate of drug-likeness (QED) is 0.834. The van der Waals surface area contributed by atoms with Crippen LogP contribution >= 0.6 is 0 Å². The van der Waals surface area contributed by atoms with Gasteiger partial charge in [0, 0.05) is 12.6 Å². The number of carbonyl (C=O) groups is 1. The summed E-state index contributed by atoms with van der Waals surface area (Å²) in [5.41, 5.74) is 5.69. The maximum absolute atomic E-state index is 12.7. The van der Waals surface area contributed by atoms with E-state index in [1.165, 1.54) is 11.0 Å². The summed E-state index contributed by atoms with van der Waals surface area (Å²) in [6, 6.07) is 6.61. The number of nitrogens with two attached hydrogens (primary N) is 1. The van der Waals surface area contributed by atoms with Crippen LogP contribution < -0.4 is 27.6 Å². The largest absolute Gasteiger partial charge is 0.366 e. The van der Waals surface area contributed by atoms with Crippen LogP contribution in [0.4, 0.5) is 0 Å². The lowest BCUT2D eigenvalue weighted by Gasteiger charge is -2.17. The molecule has 1 fully saturated rings. The number of H-pyrrole nitrogens is 1. The highest BCUT2D eigenvalue weighted by Crippen LogP contribution is 2.24. The number of primary amides is 1. The normalized spacial score (nSPS) is 16.8. The molecule has 0 aliphatic heterocycles. The van der Waals surface area contributed by atoms with E-state index in [0.29, 0.717) is 22.4 Å². The Balaban J connectivity index is 2.09. The number of aromatic amines is 1. The van der Waals surface area contributed by atoms with Gasteiger partial charge >= 0.3 is 0 Å². The maximum Gasteiger partial charge on any atom is 0.274 e. The molecule has 1 aliphatic carbocycles. The van der Waals surface area contributed by atoms with Crippen LogP contribution in [0.25, 0.3) is 12.2 Å². The van der Waals surface area contributed by atoms with Gasteiger partial charge in [-0.3, -0.25) is 14.4 Å². The van der Waals surface area contributed by atoms with Crippen LogP contribution in [0.15, 0.2) is 33.9 Å². The topological polar surface area (TPSA) is 97.9 Å². The van der Waals surface area contributed by atoms with E-state index in [1.54, 1.807) is 37.4 Å². The zero-order chi connectivity index (χ0) is 18.7. The fourth-order valence-corrected chi connectivity index (χ4v) is 3.44. The van der Waals surface area contributed by atoms with E-state index < -0.39 is 5.91 Å². The predicted molar refractivity (Wildman–Crippen MR) is 101 cm³/mol. The molecule has 0 unspecified atom stereocenters. The van der Waals surface area contributed by atoms with E-state index >= 15 is 0 Å². The van der Waals surface area contributed by atoms with Crippen molar-refractivity contribution < 1.29 is 4.79 Å². The van der Waals surface area contributed by atoms with Crippen LogP contribution in [0.2, 0.25) is 0 Å². The van der Waals surface area contributed by atoms with Crippen molar-refractivity contribution in [3.8, 4) is 0 Å². The van der Waals surface area contributed by atoms with Crippen molar-refractivity contribution in [1.82, 2.24) is 9.55 Å². The third-order valence-corrected chi connectivity index (χ3v) is 4.90. The van der Waals surface area contributed by atoms with Crippen molar-refractivity contribution in [2.24, 2.45) is 18.7 Å². The number of carbonyl (C=O) groups excluding carboxylic acids is 1. The first-order valence-electron chi connectivity index (χ1n) is 8.88. The molecule has 1 heterocycles.